The maximum absolute atomic E-state index is 13.7. The minimum absolute atomic E-state index is 0.0203. The molecular formula is C30H26F6N4O4S. The van der Waals surface area contributed by atoms with E-state index in [1.54, 1.807) is 18.2 Å². The van der Waals surface area contributed by atoms with Crippen LogP contribution in [0.25, 0.3) is 17.0 Å². The molecular weight excluding hydrogens is 626 g/mol. The highest BCUT2D eigenvalue weighted by Crippen LogP contribution is 2.39. The number of imide groups is 1. The molecule has 6 rings (SSSR count). The Morgan fingerprint density at radius 3 is 2.44 bits per heavy atom. The average Bonchev–Trinajstić information content (AvgIpc) is 3.71. The van der Waals surface area contributed by atoms with E-state index >= 15 is 0 Å². The van der Waals surface area contributed by atoms with Crippen molar-refractivity contribution in [3.05, 3.63) is 69.8 Å². The van der Waals surface area contributed by atoms with Gasteiger partial charge < -0.3 is 10.1 Å². The van der Waals surface area contributed by atoms with E-state index in [2.05, 4.69) is 10.4 Å². The molecule has 0 spiro atoms. The van der Waals surface area contributed by atoms with Crippen molar-refractivity contribution in [2.24, 2.45) is 5.92 Å². The number of hydrogen-bond donors (Lipinski definition) is 1. The standard InChI is InChI=1S/C30H26F6N4O4S/c31-29(32,33)21-5-4-19(22(13-21)30(34,35)36)15-40-23-6-1-17(11-20(23)14-37-40)12-24-26(42)39(27(43)45-24)16-28(7-9-44-10-8-28)38-25(41)18-2-3-18/h1,4-6,11-14,18H,2-3,7-10,15-16H2,(H,38,41)/b24-12-. The van der Waals surface area contributed by atoms with Crippen molar-refractivity contribution in [1.29, 1.82) is 0 Å². The Kier molecular flexibility index (Phi) is 7.96. The van der Waals surface area contributed by atoms with Crippen molar-refractivity contribution >= 4 is 45.8 Å². The summed E-state index contributed by atoms with van der Waals surface area (Å²) in [6.45, 7) is 0.369. The van der Waals surface area contributed by atoms with Gasteiger partial charge >= 0.3 is 12.4 Å². The van der Waals surface area contributed by atoms with Crippen LogP contribution in [0, 0.1) is 5.92 Å². The molecule has 1 aliphatic carbocycles. The first-order valence-corrected chi connectivity index (χ1v) is 14.9. The number of alkyl halides is 6. The molecule has 2 saturated heterocycles. The highest BCUT2D eigenvalue weighted by atomic mass is 32.2. The molecule has 0 bridgehead atoms. The third-order valence-electron chi connectivity index (χ3n) is 8.15. The maximum Gasteiger partial charge on any atom is 0.416 e. The number of nitrogens with one attached hydrogen (secondary N) is 1. The lowest BCUT2D eigenvalue weighted by Crippen LogP contribution is -2.59. The lowest BCUT2D eigenvalue weighted by molar-refractivity contribution is -0.143. The summed E-state index contributed by atoms with van der Waals surface area (Å²) in [5, 5.41) is 7.25. The third-order valence-corrected chi connectivity index (χ3v) is 9.05. The Hall–Kier alpha value is -3.85. The summed E-state index contributed by atoms with van der Waals surface area (Å²) < 4.78 is 86.9. The summed E-state index contributed by atoms with van der Waals surface area (Å²) >= 11 is 0.768. The number of nitrogens with zero attached hydrogens (tertiary/aromatic N) is 3. The minimum Gasteiger partial charge on any atom is -0.381 e. The van der Waals surface area contributed by atoms with Crippen molar-refractivity contribution in [2.45, 2.75) is 50.1 Å². The zero-order chi connectivity index (χ0) is 32.1. The molecule has 45 heavy (non-hydrogen) atoms. The molecule has 15 heteroatoms. The second-order valence-corrected chi connectivity index (χ2v) is 12.4. The van der Waals surface area contributed by atoms with Gasteiger partial charge in [0, 0.05) is 24.5 Å². The number of rotatable bonds is 7. The van der Waals surface area contributed by atoms with Crippen LogP contribution in [0.1, 0.15) is 47.9 Å². The van der Waals surface area contributed by atoms with E-state index in [9.17, 15) is 40.7 Å². The Morgan fingerprint density at radius 2 is 1.78 bits per heavy atom. The Morgan fingerprint density at radius 1 is 1.04 bits per heavy atom. The van der Waals surface area contributed by atoms with Gasteiger partial charge in [-0.05, 0) is 78.9 Å². The first-order valence-electron chi connectivity index (χ1n) is 14.1. The van der Waals surface area contributed by atoms with Crippen molar-refractivity contribution in [1.82, 2.24) is 20.0 Å². The number of fused-ring (bicyclic) bond motifs is 1. The molecule has 3 aliphatic rings. The molecule has 3 heterocycles. The zero-order valence-corrected chi connectivity index (χ0v) is 24.3. The molecule has 8 nitrogen and oxygen atoms in total. The molecule has 3 aromatic rings. The lowest BCUT2D eigenvalue weighted by atomic mass is 9.89. The minimum atomic E-state index is -5.01. The van der Waals surface area contributed by atoms with Crippen LogP contribution in [0.4, 0.5) is 31.1 Å². The molecule has 0 atom stereocenters. The Labute approximate surface area is 256 Å². The number of halogens is 6. The normalized spacial score (nSPS) is 20.0. The molecule has 1 aromatic heterocycles. The summed E-state index contributed by atoms with van der Waals surface area (Å²) in [5.41, 5.74) is -3.01. The van der Waals surface area contributed by atoms with E-state index in [1.807, 2.05) is 0 Å². The lowest BCUT2D eigenvalue weighted by Gasteiger charge is -2.39. The van der Waals surface area contributed by atoms with Gasteiger partial charge in [-0.15, -0.1) is 0 Å². The number of benzene rings is 2. The molecule has 2 aliphatic heterocycles. The molecule has 1 N–H and O–H groups in total. The van der Waals surface area contributed by atoms with Gasteiger partial charge in [0.05, 0.1) is 46.4 Å². The molecule has 0 radical (unpaired) electrons. The van der Waals surface area contributed by atoms with Gasteiger partial charge in [-0.1, -0.05) is 12.1 Å². The number of carbonyl (C=O) groups is 3. The van der Waals surface area contributed by atoms with Crippen LogP contribution in [0.5, 0.6) is 0 Å². The number of ether oxygens (including phenoxy) is 1. The van der Waals surface area contributed by atoms with Gasteiger partial charge in [0.2, 0.25) is 5.91 Å². The highest BCUT2D eigenvalue weighted by Gasteiger charge is 2.45. The molecule has 2 aromatic carbocycles. The number of thioether (sulfide) groups is 1. The summed E-state index contributed by atoms with van der Waals surface area (Å²) in [4.78, 5) is 40.1. The van der Waals surface area contributed by atoms with Crippen molar-refractivity contribution < 1.29 is 45.5 Å². The molecule has 238 valence electrons. The van der Waals surface area contributed by atoms with Crippen LogP contribution < -0.4 is 5.32 Å². The number of amides is 3. The van der Waals surface area contributed by atoms with Gasteiger partial charge in [-0.25, -0.2) is 0 Å². The molecule has 3 fully saturated rings. The summed E-state index contributed by atoms with van der Waals surface area (Å²) in [6, 6.07) is 6.30. The van der Waals surface area contributed by atoms with Crippen LogP contribution in [0.2, 0.25) is 0 Å². The van der Waals surface area contributed by atoms with Crippen LogP contribution >= 0.6 is 11.8 Å². The first-order chi connectivity index (χ1) is 21.2. The Bertz CT molecular complexity index is 1710. The van der Waals surface area contributed by atoms with Crippen LogP contribution in [-0.2, 0) is 33.2 Å². The Balaban J connectivity index is 1.21. The predicted octanol–water partition coefficient (Wildman–Crippen LogP) is 6.23. The van der Waals surface area contributed by atoms with Crippen LogP contribution in [0.3, 0.4) is 0 Å². The van der Waals surface area contributed by atoms with E-state index in [0.29, 0.717) is 48.6 Å². The quantitative estimate of drug-likeness (QED) is 0.240. The SMILES string of the molecule is O=C(NC1(CN2C(=O)S/C(=C\c3ccc4c(cnn4Cc4ccc(C(F)(F)F)cc4C(F)(F)F)c3)C2=O)CCOCC1)C1CC1. The molecule has 0 unspecified atom stereocenters. The summed E-state index contributed by atoms with van der Waals surface area (Å²) in [6.07, 6.45) is -4.46. The first kappa shape index (κ1) is 31.1. The number of carbonyl (C=O) groups excluding carboxylic acids is 3. The summed E-state index contributed by atoms with van der Waals surface area (Å²) in [5.74, 6) is -0.629. The fourth-order valence-electron chi connectivity index (χ4n) is 5.52. The monoisotopic (exact) mass is 652 g/mol. The van der Waals surface area contributed by atoms with E-state index in [-0.39, 0.29) is 34.9 Å². The maximum atomic E-state index is 13.7. The van der Waals surface area contributed by atoms with Crippen molar-refractivity contribution in [3.8, 4) is 0 Å². The summed E-state index contributed by atoms with van der Waals surface area (Å²) in [7, 11) is 0. The van der Waals surface area contributed by atoms with Gasteiger partial charge in [0.15, 0.2) is 0 Å². The topological polar surface area (TPSA) is 93.5 Å². The number of hydrogen-bond acceptors (Lipinski definition) is 6. The largest absolute Gasteiger partial charge is 0.416 e. The zero-order valence-electron chi connectivity index (χ0n) is 23.5. The molecule has 1 saturated carbocycles. The number of aromatic nitrogens is 2. The third kappa shape index (κ3) is 6.59. The molecule has 3 amide bonds. The predicted molar refractivity (Wildman–Crippen MR) is 152 cm³/mol. The van der Waals surface area contributed by atoms with Crippen LogP contribution in [-0.4, -0.2) is 57.0 Å². The second kappa shape index (κ2) is 11.5. The van der Waals surface area contributed by atoms with Crippen molar-refractivity contribution in [2.75, 3.05) is 19.8 Å². The smallest absolute Gasteiger partial charge is 0.381 e. The van der Waals surface area contributed by atoms with Gasteiger partial charge in [-0.3, -0.25) is 24.0 Å². The van der Waals surface area contributed by atoms with Gasteiger partial charge in [0.25, 0.3) is 11.1 Å². The fraction of sp³-hybridized carbons (Fsp3) is 0.400. The van der Waals surface area contributed by atoms with Gasteiger partial charge in [-0.2, -0.15) is 31.4 Å². The fourth-order valence-corrected chi connectivity index (χ4v) is 6.36. The van der Waals surface area contributed by atoms with E-state index < -0.39 is 46.7 Å². The van der Waals surface area contributed by atoms with E-state index in [1.165, 1.54) is 17.0 Å². The van der Waals surface area contributed by atoms with E-state index in [0.717, 1.165) is 35.6 Å². The van der Waals surface area contributed by atoms with Crippen molar-refractivity contribution in [3.63, 3.8) is 0 Å². The van der Waals surface area contributed by atoms with Crippen LogP contribution in [0.15, 0.2) is 47.5 Å². The van der Waals surface area contributed by atoms with E-state index in [4.69, 9.17) is 4.74 Å². The average molecular weight is 653 g/mol. The van der Waals surface area contributed by atoms with Gasteiger partial charge in [0.1, 0.15) is 0 Å². The highest BCUT2D eigenvalue weighted by molar-refractivity contribution is 8.18. The second-order valence-electron chi connectivity index (χ2n) is 11.4.